The number of benzene rings is 3. The third-order valence-corrected chi connectivity index (χ3v) is 5.00. The van der Waals surface area contributed by atoms with E-state index in [0.29, 0.717) is 23.5 Å². The Hall–Kier alpha value is -3.15. The van der Waals surface area contributed by atoms with Crippen LogP contribution in [0.3, 0.4) is 0 Å². The van der Waals surface area contributed by atoms with E-state index in [1.807, 2.05) is 56.3 Å². The van der Waals surface area contributed by atoms with Gasteiger partial charge >= 0.3 is 11.9 Å². The highest BCUT2D eigenvalue weighted by atomic mass is 35.5. The molecule has 3 aromatic rings. The molecular weight excluding hydrogens is 438 g/mol. The van der Waals surface area contributed by atoms with Crippen LogP contribution >= 0.6 is 12.4 Å². The summed E-state index contributed by atoms with van der Waals surface area (Å²) >= 11 is 0. The second kappa shape index (κ2) is 12.8. The zero-order valence-corrected chi connectivity index (χ0v) is 19.7. The first kappa shape index (κ1) is 26.1. The number of carbonyl (C=O) groups is 2. The van der Waals surface area contributed by atoms with E-state index in [2.05, 4.69) is 12.1 Å². The summed E-state index contributed by atoms with van der Waals surface area (Å²) in [6.07, 6.45) is 0.567. The molecule has 0 amide bonds. The highest BCUT2D eigenvalue weighted by molar-refractivity contribution is 5.89. The third kappa shape index (κ3) is 8.04. The van der Waals surface area contributed by atoms with Gasteiger partial charge in [0.05, 0.1) is 5.56 Å². The van der Waals surface area contributed by atoms with Gasteiger partial charge in [0, 0.05) is 0 Å². The second-order valence-corrected chi connectivity index (χ2v) is 8.18. The predicted molar refractivity (Wildman–Crippen MR) is 132 cm³/mol. The minimum atomic E-state index is -0.642. The van der Waals surface area contributed by atoms with E-state index < -0.39 is 18.0 Å². The Morgan fingerprint density at radius 1 is 0.788 bits per heavy atom. The van der Waals surface area contributed by atoms with Crippen molar-refractivity contribution in [2.75, 3.05) is 0 Å². The van der Waals surface area contributed by atoms with Gasteiger partial charge in [0.2, 0.25) is 0 Å². The second-order valence-electron chi connectivity index (χ2n) is 8.18. The molecule has 0 saturated carbocycles. The predicted octanol–water partition coefficient (Wildman–Crippen LogP) is 5.55. The number of rotatable bonds is 9. The first-order chi connectivity index (χ1) is 15.4. The molecule has 2 N–H and O–H groups in total. The van der Waals surface area contributed by atoms with Gasteiger partial charge in [0.25, 0.3) is 0 Å². The number of hydrogen-bond donors (Lipinski definition) is 1. The summed E-state index contributed by atoms with van der Waals surface area (Å²) in [4.78, 5) is 24.5. The molecule has 3 rings (SSSR count). The van der Waals surface area contributed by atoms with Gasteiger partial charge in [-0.3, -0.25) is 4.79 Å². The van der Waals surface area contributed by atoms with Crippen LogP contribution in [0.25, 0.3) is 11.1 Å². The number of carbonyl (C=O) groups excluding carboxylic acids is 2. The molecule has 5 nitrogen and oxygen atoms in total. The van der Waals surface area contributed by atoms with Gasteiger partial charge in [-0.25, -0.2) is 4.79 Å². The normalized spacial score (nSPS) is 11.4. The summed E-state index contributed by atoms with van der Waals surface area (Å²) in [5.41, 5.74) is 10.1. The Morgan fingerprint density at radius 3 is 2.09 bits per heavy atom. The van der Waals surface area contributed by atoms with E-state index in [4.69, 9.17) is 15.2 Å². The van der Waals surface area contributed by atoms with Crippen molar-refractivity contribution < 1.29 is 19.1 Å². The van der Waals surface area contributed by atoms with Crippen molar-refractivity contribution in [3.05, 3.63) is 95.6 Å². The van der Waals surface area contributed by atoms with Gasteiger partial charge < -0.3 is 15.2 Å². The Bertz CT molecular complexity index is 1040. The van der Waals surface area contributed by atoms with Crippen molar-refractivity contribution in [2.24, 2.45) is 11.7 Å². The molecule has 174 valence electrons. The lowest BCUT2D eigenvalue weighted by Gasteiger charge is -2.13. The molecule has 0 saturated heterocycles. The molecule has 33 heavy (non-hydrogen) atoms. The summed E-state index contributed by atoms with van der Waals surface area (Å²) in [5.74, 6) is -0.558. The maximum atomic E-state index is 12.5. The maximum Gasteiger partial charge on any atom is 0.338 e. The van der Waals surface area contributed by atoms with Crippen LogP contribution in [0.1, 0.15) is 41.8 Å². The van der Waals surface area contributed by atoms with Gasteiger partial charge in [0.1, 0.15) is 19.3 Å². The molecular formula is C27H30ClNO4. The third-order valence-electron chi connectivity index (χ3n) is 5.00. The quantitative estimate of drug-likeness (QED) is 0.417. The average molecular weight is 468 g/mol. The van der Waals surface area contributed by atoms with E-state index in [1.54, 1.807) is 24.3 Å². The van der Waals surface area contributed by atoms with Gasteiger partial charge in [-0.15, -0.1) is 12.4 Å². The first-order valence-corrected chi connectivity index (χ1v) is 10.7. The molecule has 1 atom stereocenters. The van der Waals surface area contributed by atoms with Crippen molar-refractivity contribution in [3.8, 4) is 11.1 Å². The summed E-state index contributed by atoms with van der Waals surface area (Å²) in [6, 6.07) is 24.2. The zero-order valence-electron chi connectivity index (χ0n) is 18.9. The number of nitrogens with two attached hydrogens (primary N) is 1. The fraction of sp³-hybridized carbons (Fsp3) is 0.259. The van der Waals surface area contributed by atoms with Crippen molar-refractivity contribution in [1.29, 1.82) is 0 Å². The number of halogens is 1. The fourth-order valence-corrected chi connectivity index (χ4v) is 3.31. The Kier molecular flexibility index (Phi) is 10.1. The highest BCUT2D eigenvalue weighted by Crippen LogP contribution is 2.20. The molecule has 0 unspecified atom stereocenters. The highest BCUT2D eigenvalue weighted by Gasteiger charge is 2.17. The SMILES string of the molecule is CC(C)C[C@H](N)C(=O)OCc1cccc(C(=O)OCc2ccc(-c3ccccc3)cc2)c1.Cl. The minimum Gasteiger partial charge on any atom is -0.460 e. The van der Waals surface area contributed by atoms with Crippen LogP contribution in [0.5, 0.6) is 0 Å². The van der Waals surface area contributed by atoms with E-state index in [9.17, 15) is 9.59 Å². The molecule has 0 aliphatic heterocycles. The zero-order chi connectivity index (χ0) is 22.9. The van der Waals surface area contributed by atoms with Gasteiger partial charge in [-0.2, -0.15) is 0 Å². The molecule has 0 aliphatic carbocycles. The van der Waals surface area contributed by atoms with Crippen molar-refractivity contribution in [2.45, 2.75) is 39.5 Å². The van der Waals surface area contributed by atoms with Crippen LogP contribution in [0.15, 0.2) is 78.9 Å². The molecule has 3 aromatic carbocycles. The standard InChI is InChI=1S/C27H29NO4.ClH/c1-19(2)15-25(28)27(30)32-18-21-7-6-10-24(16-21)26(29)31-17-20-11-13-23(14-12-20)22-8-4-3-5-9-22;/h3-14,16,19,25H,15,17-18,28H2,1-2H3;1H/t25-;/m0./s1. The fourth-order valence-electron chi connectivity index (χ4n) is 3.31. The van der Waals surface area contributed by atoms with Crippen LogP contribution in [0, 0.1) is 5.92 Å². The molecule has 0 heterocycles. The Labute approximate surface area is 201 Å². The summed E-state index contributed by atoms with van der Waals surface area (Å²) in [6.45, 7) is 4.24. The molecule has 0 radical (unpaired) electrons. The van der Waals surface area contributed by atoms with E-state index in [-0.39, 0.29) is 25.6 Å². The topological polar surface area (TPSA) is 78.6 Å². The first-order valence-electron chi connectivity index (χ1n) is 10.7. The largest absolute Gasteiger partial charge is 0.460 e. The maximum absolute atomic E-state index is 12.5. The van der Waals surface area contributed by atoms with Crippen LogP contribution < -0.4 is 5.73 Å². The van der Waals surface area contributed by atoms with E-state index >= 15 is 0 Å². The van der Waals surface area contributed by atoms with Crippen LogP contribution in [0.2, 0.25) is 0 Å². The molecule has 0 aliphatic rings. The van der Waals surface area contributed by atoms with Crippen molar-refractivity contribution in [3.63, 3.8) is 0 Å². The molecule has 0 bridgehead atoms. The monoisotopic (exact) mass is 467 g/mol. The molecule has 0 aromatic heterocycles. The number of esters is 2. The molecule has 0 spiro atoms. The van der Waals surface area contributed by atoms with Crippen LogP contribution in [-0.2, 0) is 27.5 Å². The molecule has 0 fully saturated rings. The smallest absolute Gasteiger partial charge is 0.338 e. The lowest BCUT2D eigenvalue weighted by Crippen LogP contribution is -2.33. The number of hydrogen-bond acceptors (Lipinski definition) is 5. The van der Waals surface area contributed by atoms with E-state index in [0.717, 1.165) is 16.7 Å². The summed E-state index contributed by atoms with van der Waals surface area (Å²) < 4.78 is 10.7. The Balaban J connectivity index is 0.00000385. The van der Waals surface area contributed by atoms with E-state index in [1.165, 1.54) is 0 Å². The van der Waals surface area contributed by atoms with Crippen molar-refractivity contribution >= 4 is 24.3 Å². The number of ether oxygens (including phenoxy) is 2. The lowest BCUT2D eigenvalue weighted by molar-refractivity contribution is -0.146. The van der Waals surface area contributed by atoms with Crippen molar-refractivity contribution in [1.82, 2.24) is 0 Å². The van der Waals surface area contributed by atoms with Gasteiger partial charge in [-0.05, 0) is 46.7 Å². The summed E-state index contributed by atoms with van der Waals surface area (Å²) in [7, 11) is 0. The average Bonchev–Trinajstić information content (AvgIpc) is 2.81. The lowest BCUT2D eigenvalue weighted by atomic mass is 10.0. The van der Waals surface area contributed by atoms with Crippen LogP contribution in [0.4, 0.5) is 0 Å². The van der Waals surface area contributed by atoms with Gasteiger partial charge in [-0.1, -0.05) is 80.6 Å². The minimum absolute atomic E-state index is 0. The van der Waals surface area contributed by atoms with Crippen LogP contribution in [-0.4, -0.2) is 18.0 Å². The molecule has 6 heteroatoms. The van der Waals surface area contributed by atoms with Gasteiger partial charge in [0.15, 0.2) is 0 Å². The summed E-state index contributed by atoms with van der Waals surface area (Å²) in [5, 5.41) is 0. The Morgan fingerprint density at radius 2 is 1.42 bits per heavy atom.